The SMILES string of the molecule is c1ccc(-n2nnnc2CN2CCNCC2c2cccnc2)cc1. The van der Waals surface area contributed by atoms with Crippen LogP contribution in [0.1, 0.15) is 17.4 Å². The van der Waals surface area contributed by atoms with Crippen molar-refractivity contribution in [1.29, 1.82) is 0 Å². The summed E-state index contributed by atoms with van der Waals surface area (Å²) in [7, 11) is 0. The summed E-state index contributed by atoms with van der Waals surface area (Å²) >= 11 is 0. The minimum absolute atomic E-state index is 0.272. The van der Waals surface area contributed by atoms with Gasteiger partial charge in [-0.3, -0.25) is 9.88 Å². The van der Waals surface area contributed by atoms with E-state index in [-0.39, 0.29) is 6.04 Å². The van der Waals surface area contributed by atoms with Crippen molar-refractivity contribution in [3.05, 3.63) is 66.2 Å². The second kappa shape index (κ2) is 6.86. The monoisotopic (exact) mass is 321 g/mol. The highest BCUT2D eigenvalue weighted by Crippen LogP contribution is 2.23. The van der Waals surface area contributed by atoms with Gasteiger partial charge in [-0.05, 0) is 34.2 Å². The molecule has 1 fully saturated rings. The van der Waals surface area contributed by atoms with Crippen molar-refractivity contribution in [2.75, 3.05) is 19.6 Å². The van der Waals surface area contributed by atoms with Crippen molar-refractivity contribution in [2.24, 2.45) is 0 Å². The molecule has 24 heavy (non-hydrogen) atoms. The Kier molecular flexibility index (Phi) is 4.26. The summed E-state index contributed by atoms with van der Waals surface area (Å²) < 4.78 is 1.81. The fourth-order valence-electron chi connectivity index (χ4n) is 3.09. The van der Waals surface area contributed by atoms with Gasteiger partial charge in [-0.25, -0.2) is 0 Å². The Hall–Kier alpha value is -2.64. The first-order chi connectivity index (χ1) is 11.9. The molecular weight excluding hydrogens is 302 g/mol. The predicted octanol–water partition coefficient (Wildman–Crippen LogP) is 1.20. The van der Waals surface area contributed by atoms with Gasteiger partial charge in [-0.15, -0.1) is 5.10 Å². The number of benzene rings is 1. The fourth-order valence-corrected chi connectivity index (χ4v) is 3.09. The third-order valence-corrected chi connectivity index (χ3v) is 4.30. The lowest BCUT2D eigenvalue weighted by molar-refractivity contribution is 0.148. The largest absolute Gasteiger partial charge is 0.314 e. The van der Waals surface area contributed by atoms with E-state index in [4.69, 9.17) is 0 Å². The molecule has 1 N–H and O–H groups in total. The fraction of sp³-hybridized carbons (Fsp3) is 0.294. The molecule has 3 aromatic rings. The van der Waals surface area contributed by atoms with Gasteiger partial charge in [0.2, 0.25) is 0 Å². The number of pyridine rings is 1. The molecule has 4 rings (SSSR count). The molecule has 122 valence electrons. The van der Waals surface area contributed by atoms with E-state index in [9.17, 15) is 0 Å². The van der Waals surface area contributed by atoms with Gasteiger partial charge in [0.1, 0.15) is 0 Å². The quantitative estimate of drug-likeness (QED) is 0.779. The smallest absolute Gasteiger partial charge is 0.170 e. The van der Waals surface area contributed by atoms with Crippen molar-refractivity contribution in [1.82, 2.24) is 35.4 Å². The molecule has 1 unspecified atom stereocenters. The Balaban J connectivity index is 1.59. The Morgan fingerprint density at radius 3 is 2.88 bits per heavy atom. The molecular formula is C17H19N7. The standard InChI is InChI=1S/C17H19N7/c1-2-6-15(7-3-1)24-17(20-21-22-24)13-23-10-9-19-12-16(23)14-5-4-8-18-11-14/h1-8,11,16,19H,9-10,12-13H2. The van der Waals surface area contributed by atoms with E-state index in [2.05, 4.69) is 36.8 Å². The lowest BCUT2D eigenvalue weighted by Gasteiger charge is -2.35. The average Bonchev–Trinajstić information content (AvgIpc) is 3.12. The molecule has 0 spiro atoms. The highest BCUT2D eigenvalue weighted by molar-refractivity contribution is 5.30. The number of nitrogens with one attached hydrogen (secondary N) is 1. The first-order valence-corrected chi connectivity index (χ1v) is 8.09. The van der Waals surface area contributed by atoms with Crippen molar-refractivity contribution in [3.8, 4) is 5.69 Å². The number of rotatable bonds is 4. The van der Waals surface area contributed by atoms with Crippen LogP contribution in [0.5, 0.6) is 0 Å². The molecule has 1 aliphatic heterocycles. The van der Waals surface area contributed by atoms with Crippen LogP contribution >= 0.6 is 0 Å². The zero-order valence-electron chi connectivity index (χ0n) is 13.3. The molecule has 1 aliphatic rings. The van der Waals surface area contributed by atoms with Crippen LogP contribution in [0.2, 0.25) is 0 Å². The number of hydrogen-bond donors (Lipinski definition) is 1. The molecule has 1 saturated heterocycles. The maximum Gasteiger partial charge on any atom is 0.170 e. The highest BCUT2D eigenvalue weighted by atomic mass is 15.5. The average molecular weight is 321 g/mol. The first-order valence-electron chi connectivity index (χ1n) is 8.09. The van der Waals surface area contributed by atoms with Crippen LogP contribution in [-0.2, 0) is 6.54 Å². The van der Waals surface area contributed by atoms with Crippen LogP contribution < -0.4 is 5.32 Å². The summed E-state index contributed by atoms with van der Waals surface area (Å²) in [4.78, 5) is 6.66. The van der Waals surface area contributed by atoms with Gasteiger partial charge in [0.05, 0.1) is 12.2 Å². The van der Waals surface area contributed by atoms with Crippen LogP contribution in [0, 0.1) is 0 Å². The molecule has 0 aliphatic carbocycles. The maximum atomic E-state index is 4.26. The molecule has 1 atom stereocenters. The van der Waals surface area contributed by atoms with E-state index in [0.29, 0.717) is 6.54 Å². The molecule has 0 radical (unpaired) electrons. The predicted molar refractivity (Wildman–Crippen MR) is 89.4 cm³/mol. The number of tetrazole rings is 1. The molecule has 2 aromatic heterocycles. The maximum absolute atomic E-state index is 4.26. The van der Waals surface area contributed by atoms with Gasteiger partial charge in [0.15, 0.2) is 5.82 Å². The summed E-state index contributed by atoms with van der Waals surface area (Å²) in [6.45, 7) is 3.51. The lowest BCUT2D eigenvalue weighted by Crippen LogP contribution is -2.45. The number of hydrogen-bond acceptors (Lipinski definition) is 6. The minimum atomic E-state index is 0.272. The van der Waals surface area contributed by atoms with Crippen molar-refractivity contribution >= 4 is 0 Å². The summed E-state index contributed by atoms with van der Waals surface area (Å²) in [6, 6.07) is 14.4. The number of piperazine rings is 1. The van der Waals surface area contributed by atoms with Gasteiger partial charge in [0, 0.05) is 38.1 Å². The van der Waals surface area contributed by atoms with E-state index in [1.54, 1.807) is 6.20 Å². The zero-order valence-corrected chi connectivity index (χ0v) is 13.3. The topological polar surface area (TPSA) is 71.8 Å². The summed E-state index contributed by atoms with van der Waals surface area (Å²) in [5, 5.41) is 15.7. The van der Waals surface area contributed by atoms with Crippen LogP contribution in [0.25, 0.3) is 5.69 Å². The van der Waals surface area contributed by atoms with Gasteiger partial charge in [-0.1, -0.05) is 24.3 Å². The van der Waals surface area contributed by atoms with Gasteiger partial charge in [-0.2, -0.15) is 4.68 Å². The van der Waals surface area contributed by atoms with Crippen molar-refractivity contribution in [3.63, 3.8) is 0 Å². The molecule has 7 heteroatoms. The van der Waals surface area contributed by atoms with E-state index in [1.807, 2.05) is 47.3 Å². The van der Waals surface area contributed by atoms with Gasteiger partial charge < -0.3 is 5.32 Å². The Bertz CT molecular complexity index is 772. The van der Waals surface area contributed by atoms with Crippen LogP contribution in [0.3, 0.4) is 0 Å². The van der Waals surface area contributed by atoms with Crippen LogP contribution in [0.15, 0.2) is 54.9 Å². The second-order valence-corrected chi connectivity index (χ2v) is 5.82. The van der Waals surface area contributed by atoms with Crippen LogP contribution in [-0.4, -0.2) is 49.7 Å². The van der Waals surface area contributed by atoms with E-state index in [0.717, 1.165) is 31.1 Å². The highest BCUT2D eigenvalue weighted by Gasteiger charge is 2.25. The molecule has 3 heterocycles. The zero-order chi connectivity index (χ0) is 16.2. The molecule has 0 saturated carbocycles. The third-order valence-electron chi connectivity index (χ3n) is 4.30. The Morgan fingerprint density at radius 2 is 2.04 bits per heavy atom. The van der Waals surface area contributed by atoms with E-state index >= 15 is 0 Å². The number of nitrogens with zero attached hydrogens (tertiary/aromatic N) is 6. The minimum Gasteiger partial charge on any atom is -0.314 e. The van der Waals surface area contributed by atoms with Crippen LogP contribution in [0.4, 0.5) is 0 Å². The van der Waals surface area contributed by atoms with Crippen molar-refractivity contribution < 1.29 is 0 Å². The number of para-hydroxylation sites is 1. The summed E-state index contributed by atoms with van der Waals surface area (Å²) in [6.07, 6.45) is 3.74. The Morgan fingerprint density at radius 1 is 1.12 bits per heavy atom. The third kappa shape index (κ3) is 3.04. The lowest BCUT2D eigenvalue weighted by atomic mass is 10.1. The molecule has 0 bridgehead atoms. The number of aromatic nitrogens is 5. The first kappa shape index (κ1) is 14.9. The molecule has 7 nitrogen and oxygen atoms in total. The second-order valence-electron chi connectivity index (χ2n) is 5.82. The summed E-state index contributed by atoms with van der Waals surface area (Å²) in [5.41, 5.74) is 2.19. The van der Waals surface area contributed by atoms with Gasteiger partial charge in [0.25, 0.3) is 0 Å². The summed E-state index contributed by atoms with van der Waals surface area (Å²) in [5.74, 6) is 0.844. The Labute approximate surface area is 140 Å². The molecule has 0 amide bonds. The van der Waals surface area contributed by atoms with Gasteiger partial charge >= 0.3 is 0 Å². The van der Waals surface area contributed by atoms with Crippen molar-refractivity contribution in [2.45, 2.75) is 12.6 Å². The normalized spacial score (nSPS) is 18.6. The van der Waals surface area contributed by atoms with E-state index < -0.39 is 0 Å². The van der Waals surface area contributed by atoms with E-state index in [1.165, 1.54) is 5.56 Å². The molecule has 1 aromatic carbocycles.